The number of likely N-dealkylation sites (N-methyl/N-ethyl adjacent to an activating group) is 1. The van der Waals surface area contributed by atoms with Crippen LogP contribution in [0, 0.1) is 6.92 Å². The Bertz CT molecular complexity index is 998. The molecule has 1 N–H and O–H groups in total. The lowest BCUT2D eigenvalue weighted by Crippen LogP contribution is -2.44. The number of hydrogen-bond acceptors (Lipinski definition) is 5. The van der Waals surface area contributed by atoms with E-state index in [0.29, 0.717) is 17.8 Å². The van der Waals surface area contributed by atoms with Gasteiger partial charge in [0.2, 0.25) is 10.0 Å². The number of anilines is 2. The fourth-order valence-corrected chi connectivity index (χ4v) is 4.00. The highest BCUT2D eigenvalue weighted by molar-refractivity contribution is 7.92. The summed E-state index contributed by atoms with van der Waals surface area (Å²) in [6, 6.07) is 13.3. The maximum absolute atomic E-state index is 12.6. The van der Waals surface area contributed by atoms with Crippen molar-refractivity contribution in [1.82, 2.24) is 10.2 Å². The van der Waals surface area contributed by atoms with Crippen LogP contribution in [-0.2, 0) is 16.6 Å². The molecule has 0 saturated carbocycles. The number of piperazine rings is 1. The fraction of sp³-hybridized carbons (Fsp3) is 0.409. The van der Waals surface area contributed by atoms with Crippen molar-refractivity contribution < 1.29 is 13.2 Å². The summed E-state index contributed by atoms with van der Waals surface area (Å²) < 4.78 is 24.9. The molecule has 0 unspecified atom stereocenters. The number of sulfonamides is 1. The van der Waals surface area contributed by atoms with Crippen molar-refractivity contribution in [1.29, 1.82) is 0 Å². The van der Waals surface area contributed by atoms with Gasteiger partial charge in [0.05, 0.1) is 11.9 Å². The van der Waals surface area contributed by atoms with Crippen LogP contribution in [0.4, 0.5) is 11.4 Å². The molecule has 1 heterocycles. The number of rotatable bonds is 6. The van der Waals surface area contributed by atoms with Gasteiger partial charge in [0.15, 0.2) is 0 Å². The van der Waals surface area contributed by atoms with Gasteiger partial charge in [-0.3, -0.25) is 9.10 Å². The van der Waals surface area contributed by atoms with Crippen LogP contribution >= 0.6 is 0 Å². The maximum Gasteiger partial charge on any atom is 0.251 e. The van der Waals surface area contributed by atoms with Gasteiger partial charge in [-0.15, -0.1) is 0 Å². The van der Waals surface area contributed by atoms with Crippen molar-refractivity contribution in [2.75, 3.05) is 55.7 Å². The zero-order chi connectivity index (χ0) is 21.9. The molecule has 1 amide bonds. The monoisotopic (exact) mass is 430 g/mol. The van der Waals surface area contributed by atoms with E-state index in [0.717, 1.165) is 43.6 Å². The highest BCUT2D eigenvalue weighted by atomic mass is 32.2. The van der Waals surface area contributed by atoms with Gasteiger partial charge in [0.1, 0.15) is 0 Å². The molecular formula is C22H30N4O3S. The molecule has 1 aliphatic heterocycles. The van der Waals surface area contributed by atoms with Gasteiger partial charge >= 0.3 is 0 Å². The van der Waals surface area contributed by atoms with Gasteiger partial charge in [-0.25, -0.2) is 8.42 Å². The molecule has 8 heteroatoms. The minimum Gasteiger partial charge on any atom is -0.369 e. The molecule has 1 aliphatic rings. The first-order chi connectivity index (χ1) is 14.1. The number of carbonyl (C=O) groups excluding carboxylic acids is 1. The number of benzene rings is 2. The molecule has 0 aliphatic carbocycles. The summed E-state index contributed by atoms with van der Waals surface area (Å²) in [6.07, 6.45) is 1.14. The van der Waals surface area contributed by atoms with E-state index < -0.39 is 10.0 Å². The van der Waals surface area contributed by atoms with Crippen molar-refractivity contribution in [3.8, 4) is 0 Å². The Morgan fingerprint density at radius 2 is 1.70 bits per heavy atom. The van der Waals surface area contributed by atoms with Crippen molar-refractivity contribution in [2.24, 2.45) is 0 Å². The van der Waals surface area contributed by atoms with Crippen LogP contribution in [0.3, 0.4) is 0 Å². The maximum atomic E-state index is 12.6. The Hall–Kier alpha value is -2.58. The molecule has 0 spiro atoms. The zero-order valence-electron chi connectivity index (χ0n) is 18.1. The Balaban J connectivity index is 1.63. The lowest BCUT2D eigenvalue weighted by molar-refractivity contribution is 0.0951. The molecule has 7 nitrogen and oxygen atoms in total. The van der Waals surface area contributed by atoms with Gasteiger partial charge in [0, 0.05) is 51.0 Å². The smallest absolute Gasteiger partial charge is 0.251 e. The van der Waals surface area contributed by atoms with Crippen molar-refractivity contribution in [3.05, 3.63) is 59.2 Å². The number of amides is 1. The Kier molecular flexibility index (Phi) is 6.67. The molecule has 0 aromatic heterocycles. The minimum atomic E-state index is -3.40. The summed E-state index contributed by atoms with van der Waals surface area (Å²) >= 11 is 0. The first-order valence-electron chi connectivity index (χ1n) is 10.0. The van der Waals surface area contributed by atoms with Gasteiger partial charge in [-0.2, -0.15) is 0 Å². The SMILES string of the molecule is Cc1ccc(C(=O)NCc2ccc(N3CCN(C)CC3)cc2)cc1N(C)S(C)(=O)=O. The normalized spacial score (nSPS) is 15.1. The molecule has 0 atom stereocenters. The summed E-state index contributed by atoms with van der Waals surface area (Å²) in [5, 5.41) is 2.92. The summed E-state index contributed by atoms with van der Waals surface area (Å²) in [7, 11) is 0.228. The molecule has 1 saturated heterocycles. The third kappa shape index (κ3) is 5.31. The first-order valence-corrected chi connectivity index (χ1v) is 11.8. The molecule has 0 bridgehead atoms. The third-order valence-electron chi connectivity index (χ3n) is 5.57. The second kappa shape index (κ2) is 9.06. The predicted molar refractivity (Wildman–Crippen MR) is 122 cm³/mol. The standard InChI is InChI=1S/C22H30N4O3S/c1-17-5-8-19(15-21(17)25(3)30(4,28)29)22(27)23-16-18-6-9-20(10-7-18)26-13-11-24(2)12-14-26/h5-10,15H,11-14,16H2,1-4H3,(H,23,27). The molecule has 2 aromatic rings. The van der Waals surface area contributed by atoms with E-state index in [1.807, 2.05) is 19.1 Å². The lowest BCUT2D eigenvalue weighted by atomic mass is 10.1. The van der Waals surface area contributed by atoms with Gasteiger partial charge < -0.3 is 15.1 Å². The Labute approximate surface area is 179 Å². The summed E-state index contributed by atoms with van der Waals surface area (Å²) in [4.78, 5) is 17.3. The predicted octanol–water partition coefficient (Wildman–Crippen LogP) is 2.07. The number of nitrogens with one attached hydrogen (secondary N) is 1. The largest absolute Gasteiger partial charge is 0.369 e. The fourth-order valence-electron chi connectivity index (χ4n) is 3.44. The molecule has 2 aromatic carbocycles. The minimum absolute atomic E-state index is 0.235. The molecule has 3 rings (SSSR count). The van der Waals surface area contributed by atoms with Crippen molar-refractivity contribution in [2.45, 2.75) is 13.5 Å². The van der Waals surface area contributed by atoms with Crippen LogP contribution in [-0.4, -0.2) is 65.8 Å². The van der Waals surface area contributed by atoms with Gasteiger partial charge in [0.25, 0.3) is 5.91 Å². The molecule has 162 valence electrons. The average molecular weight is 431 g/mol. The van der Waals surface area contributed by atoms with E-state index in [9.17, 15) is 13.2 Å². The number of hydrogen-bond donors (Lipinski definition) is 1. The van der Waals surface area contributed by atoms with E-state index >= 15 is 0 Å². The van der Waals surface area contributed by atoms with Gasteiger partial charge in [-0.1, -0.05) is 18.2 Å². The Morgan fingerprint density at radius 3 is 2.30 bits per heavy atom. The summed E-state index contributed by atoms with van der Waals surface area (Å²) in [6.45, 7) is 6.39. The first kappa shape index (κ1) is 22.1. The molecule has 1 fully saturated rings. The molecule has 30 heavy (non-hydrogen) atoms. The lowest BCUT2D eigenvalue weighted by Gasteiger charge is -2.34. The van der Waals surface area contributed by atoms with E-state index in [4.69, 9.17) is 0 Å². The van der Waals surface area contributed by atoms with Gasteiger partial charge in [-0.05, 0) is 49.4 Å². The quantitative estimate of drug-likeness (QED) is 0.760. The van der Waals surface area contributed by atoms with Crippen molar-refractivity contribution >= 4 is 27.3 Å². The van der Waals surface area contributed by atoms with Crippen molar-refractivity contribution in [3.63, 3.8) is 0 Å². The third-order valence-corrected chi connectivity index (χ3v) is 6.76. The highest BCUT2D eigenvalue weighted by Gasteiger charge is 2.17. The van der Waals surface area contributed by atoms with Crippen LogP contribution in [0.1, 0.15) is 21.5 Å². The van der Waals surface area contributed by atoms with Crippen LogP contribution in [0.15, 0.2) is 42.5 Å². The van der Waals surface area contributed by atoms with Crippen LogP contribution < -0.4 is 14.5 Å². The van der Waals surface area contributed by atoms with Crippen LogP contribution in [0.5, 0.6) is 0 Å². The summed E-state index contributed by atoms with van der Waals surface area (Å²) in [5.41, 5.74) is 3.94. The van der Waals surface area contributed by atoms with E-state index in [-0.39, 0.29) is 5.91 Å². The second-order valence-electron chi connectivity index (χ2n) is 7.87. The number of aryl methyl sites for hydroxylation is 1. The Morgan fingerprint density at radius 1 is 1.07 bits per heavy atom. The number of nitrogens with zero attached hydrogens (tertiary/aromatic N) is 3. The van der Waals surface area contributed by atoms with E-state index in [1.165, 1.54) is 17.0 Å². The number of carbonyl (C=O) groups is 1. The van der Waals surface area contributed by atoms with Crippen LogP contribution in [0.2, 0.25) is 0 Å². The highest BCUT2D eigenvalue weighted by Crippen LogP contribution is 2.23. The van der Waals surface area contributed by atoms with E-state index in [2.05, 4.69) is 34.3 Å². The zero-order valence-corrected chi connectivity index (χ0v) is 18.9. The average Bonchev–Trinajstić information content (AvgIpc) is 2.72. The summed E-state index contributed by atoms with van der Waals surface area (Å²) in [5.74, 6) is -0.235. The van der Waals surface area contributed by atoms with Crippen LogP contribution in [0.25, 0.3) is 0 Å². The van der Waals surface area contributed by atoms with E-state index in [1.54, 1.807) is 18.2 Å². The molecule has 0 radical (unpaired) electrons. The second-order valence-corrected chi connectivity index (χ2v) is 9.88. The molecular weight excluding hydrogens is 400 g/mol. The topological polar surface area (TPSA) is 73.0 Å².